The van der Waals surface area contributed by atoms with Crippen LogP contribution in [0.5, 0.6) is 0 Å². The monoisotopic (exact) mass is 894 g/mol. The summed E-state index contributed by atoms with van der Waals surface area (Å²) in [6.45, 7) is 16.1. The fourth-order valence-corrected chi connectivity index (χ4v) is 9.85. The lowest BCUT2D eigenvalue weighted by Gasteiger charge is -2.33. The summed E-state index contributed by atoms with van der Waals surface area (Å²) >= 11 is 0. The Bertz CT molecular complexity index is 2590. The van der Waals surface area contributed by atoms with E-state index in [1.807, 2.05) is 49.9 Å². The number of methoxy groups -OCH3 is 2. The highest BCUT2D eigenvalue weighted by Crippen LogP contribution is 2.42. The number of aromatic nitrogens is 4. The van der Waals surface area contributed by atoms with Gasteiger partial charge in [-0.15, -0.1) is 0 Å². The highest BCUT2D eigenvalue weighted by Gasteiger charge is 2.46. The molecule has 6 aromatic rings. The van der Waals surface area contributed by atoms with Gasteiger partial charge in [0.1, 0.15) is 23.7 Å². The van der Waals surface area contributed by atoms with Crippen LogP contribution in [0, 0.1) is 23.7 Å². The van der Waals surface area contributed by atoms with Crippen molar-refractivity contribution in [1.29, 1.82) is 0 Å². The Kier molecular flexibility index (Phi) is 13.0. The lowest BCUT2D eigenvalue weighted by atomic mass is 9.97. The Morgan fingerprint density at radius 3 is 1.23 bits per heavy atom. The molecule has 4 aromatic carbocycles. The molecule has 4 amide bonds. The van der Waals surface area contributed by atoms with Crippen molar-refractivity contribution in [2.45, 2.75) is 104 Å². The number of nitrogens with one attached hydrogen (secondary N) is 4. The maximum absolute atomic E-state index is 14.0. The zero-order valence-electron chi connectivity index (χ0n) is 39.5. The maximum atomic E-state index is 14.0. The summed E-state index contributed by atoms with van der Waals surface area (Å²) in [6.07, 6.45) is 3.93. The third-order valence-corrected chi connectivity index (χ3v) is 14.1. The number of nitrogens with zero attached hydrogens (tertiary/aromatic N) is 4. The number of rotatable bonds is 11. The van der Waals surface area contributed by atoms with Crippen molar-refractivity contribution >= 4 is 45.5 Å². The largest absolute Gasteiger partial charge is 0.453 e. The van der Waals surface area contributed by atoms with Crippen LogP contribution in [-0.2, 0) is 19.1 Å². The van der Waals surface area contributed by atoms with Gasteiger partial charge < -0.3 is 39.9 Å². The van der Waals surface area contributed by atoms with Crippen molar-refractivity contribution in [2.75, 3.05) is 14.2 Å². The van der Waals surface area contributed by atoms with Crippen molar-refractivity contribution in [1.82, 2.24) is 40.4 Å². The molecule has 14 heteroatoms. The van der Waals surface area contributed by atoms with Gasteiger partial charge in [0.2, 0.25) is 11.8 Å². The van der Waals surface area contributed by atoms with Crippen LogP contribution in [0.2, 0.25) is 0 Å². The standard InChI is InChI=1S/C52H62N8O6/c1-27(2)45(57-51(63)65-9)49(61)59-31(7)29(5)19-43(59)47-53-25-41(55-47)39-17-15-35-21-33(11-13-37(35)23-39)34-12-14-38-24-40(18-16-36(38)22-34)42-26-54-48(56-42)44-20-30(6)32(8)60(44)50(62)46(28(3)4)58-52(64)66-10/h11-18,21-32,43-46H,19-20H2,1-10H3,(H,53,55)(H,54,56)(H,57,63)(H,58,64)/t29-,30-,31-,32-,43+,44+,45+,46+/m1/s1. The van der Waals surface area contributed by atoms with Crippen LogP contribution in [0.25, 0.3) is 55.2 Å². The molecule has 14 nitrogen and oxygen atoms in total. The molecule has 66 heavy (non-hydrogen) atoms. The van der Waals surface area contributed by atoms with E-state index in [2.05, 4.69) is 121 Å². The topological polar surface area (TPSA) is 175 Å². The molecule has 4 heterocycles. The second-order valence-electron chi connectivity index (χ2n) is 19.1. The van der Waals surface area contributed by atoms with Crippen LogP contribution < -0.4 is 10.6 Å². The van der Waals surface area contributed by atoms with Gasteiger partial charge in [0.05, 0.1) is 50.1 Å². The molecule has 0 aliphatic carbocycles. The Morgan fingerprint density at radius 2 is 0.894 bits per heavy atom. The fourth-order valence-electron chi connectivity index (χ4n) is 9.85. The molecule has 0 radical (unpaired) electrons. The lowest BCUT2D eigenvalue weighted by molar-refractivity contribution is -0.138. The normalized spacial score (nSPS) is 21.7. The van der Waals surface area contributed by atoms with Crippen molar-refractivity contribution < 1.29 is 28.7 Å². The predicted molar refractivity (Wildman–Crippen MR) is 256 cm³/mol. The van der Waals surface area contributed by atoms with E-state index in [1.54, 1.807) is 0 Å². The quantitative estimate of drug-likeness (QED) is 0.0995. The first-order chi connectivity index (χ1) is 31.6. The third-order valence-electron chi connectivity index (χ3n) is 14.1. The van der Waals surface area contributed by atoms with Crippen LogP contribution >= 0.6 is 0 Å². The van der Waals surface area contributed by atoms with Gasteiger partial charge in [-0.2, -0.15) is 0 Å². The Labute approximate surface area is 386 Å². The first-order valence-corrected chi connectivity index (χ1v) is 23.1. The minimum atomic E-state index is -0.718. The zero-order valence-corrected chi connectivity index (χ0v) is 39.5. The first kappa shape index (κ1) is 45.9. The van der Waals surface area contributed by atoms with E-state index < -0.39 is 24.3 Å². The SMILES string of the molecule is COC(=O)N[C@H](C(=O)N1[C@H](C)[C@H](C)C[C@H]1c1ncc(-c2ccc3cc(-c4ccc5cc(-c6cnc([C@@H]7C[C@@H](C)[C@@H](C)N7C(=O)[C@@H](NC(=O)OC)C(C)C)[nH]6)ccc5c4)ccc3c2)[nH]1)C(C)C. The number of H-pyrrole nitrogens is 2. The predicted octanol–water partition coefficient (Wildman–Crippen LogP) is 9.80. The van der Waals surface area contributed by atoms with Gasteiger partial charge in [-0.1, -0.05) is 90.1 Å². The van der Waals surface area contributed by atoms with Crippen molar-refractivity contribution in [3.8, 4) is 33.6 Å². The van der Waals surface area contributed by atoms with E-state index >= 15 is 0 Å². The van der Waals surface area contributed by atoms with E-state index in [4.69, 9.17) is 19.4 Å². The van der Waals surface area contributed by atoms with Crippen LogP contribution in [0.1, 0.15) is 92.0 Å². The number of imidazole rings is 2. The second-order valence-corrected chi connectivity index (χ2v) is 19.1. The second kappa shape index (κ2) is 18.7. The van der Waals surface area contributed by atoms with Gasteiger partial charge in [-0.05, 0) is 107 Å². The summed E-state index contributed by atoms with van der Waals surface area (Å²) in [7, 11) is 2.60. The van der Waals surface area contributed by atoms with Crippen molar-refractivity contribution in [3.63, 3.8) is 0 Å². The highest BCUT2D eigenvalue weighted by molar-refractivity contribution is 5.94. The average Bonchev–Trinajstić information content (AvgIpc) is 4.12. The number of fused-ring (bicyclic) bond motifs is 2. The molecule has 2 saturated heterocycles. The summed E-state index contributed by atoms with van der Waals surface area (Å²) in [5.41, 5.74) is 5.95. The molecule has 346 valence electrons. The number of likely N-dealkylation sites (tertiary alicyclic amines) is 2. The third kappa shape index (κ3) is 8.84. The van der Waals surface area contributed by atoms with E-state index in [0.29, 0.717) is 0 Å². The van der Waals surface area contributed by atoms with Gasteiger partial charge >= 0.3 is 12.2 Å². The Balaban J connectivity index is 0.981. The van der Waals surface area contributed by atoms with Crippen LogP contribution in [0.4, 0.5) is 9.59 Å². The molecule has 0 spiro atoms. The molecule has 2 aliphatic rings. The number of carbonyl (C=O) groups excluding carboxylic acids is 4. The Hall–Kier alpha value is -6.70. The highest BCUT2D eigenvalue weighted by atomic mass is 16.5. The number of amides is 4. The van der Waals surface area contributed by atoms with E-state index in [-0.39, 0.29) is 59.7 Å². The molecular formula is C52H62N8O6. The summed E-state index contributed by atoms with van der Waals surface area (Å²) in [5.74, 6) is 1.41. The van der Waals surface area contributed by atoms with Gasteiger partial charge in [0.15, 0.2) is 0 Å². The first-order valence-electron chi connectivity index (χ1n) is 23.1. The van der Waals surface area contributed by atoms with E-state index in [9.17, 15) is 19.2 Å². The van der Waals surface area contributed by atoms with Gasteiger partial charge in [-0.25, -0.2) is 19.6 Å². The van der Waals surface area contributed by atoms with Crippen molar-refractivity contribution in [3.05, 3.63) is 96.8 Å². The summed E-state index contributed by atoms with van der Waals surface area (Å²) in [6, 6.07) is 23.8. The van der Waals surface area contributed by atoms with Crippen LogP contribution in [-0.4, -0.2) is 92.1 Å². The molecule has 2 fully saturated rings. The smallest absolute Gasteiger partial charge is 0.407 e. The number of aromatic amines is 2. The molecule has 0 unspecified atom stereocenters. The molecule has 2 aromatic heterocycles. The van der Waals surface area contributed by atoms with E-state index in [0.717, 1.165) is 79.7 Å². The van der Waals surface area contributed by atoms with Crippen LogP contribution in [0.15, 0.2) is 85.2 Å². The molecular weight excluding hydrogens is 833 g/mol. The summed E-state index contributed by atoms with van der Waals surface area (Å²) < 4.78 is 9.66. The number of ether oxygens (including phenoxy) is 2. The molecule has 0 saturated carbocycles. The minimum Gasteiger partial charge on any atom is -0.453 e. The fraction of sp³-hybridized carbons (Fsp3) is 0.423. The number of hydrogen-bond donors (Lipinski definition) is 4. The van der Waals surface area contributed by atoms with E-state index in [1.165, 1.54) is 14.2 Å². The minimum absolute atomic E-state index is 0.0333. The maximum Gasteiger partial charge on any atom is 0.407 e. The molecule has 4 N–H and O–H groups in total. The number of alkyl carbamates (subject to hydrolysis) is 2. The summed E-state index contributed by atoms with van der Waals surface area (Å²) in [4.78, 5) is 72.7. The zero-order chi connectivity index (χ0) is 47.1. The van der Waals surface area contributed by atoms with Gasteiger partial charge in [0, 0.05) is 23.2 Å². The molecule has 8 rings (SSSR count). The lowest BCUT2D eigenvalue weighted by Crippen LogP contribution is -2.53. The molecule has 8 atom stereocenters. The van der Waals surface area contributed by atoms with Gasteiger partial charge in [-0.3, -0.25) is 9.59 Å². The molecule has 0 bridgehead atoms. The molecule has 2 aliphatic heterocycles. The number of hydrogen-bond acceptors (Lipinski definition) is 8. The number of carbonyl (C=O) groups is 4. The van der Waals surface area contributed by atoms with Gasteiger partial charge in [0.25, 0.3) is 0 Å². The average molecular weight is 895 g/mol. The van der Waals surface area contributed by atoms with Crippen LogP contribution in [0.3, 0.4) is 0 Å². The Morgan fingerprint density at radius 1 is 0.561 bits per heavy atom. The van der Waals surface area contributed by atoms with Crippen molar-refractivity contribution in [2.24, 2.45) is 23.7 Å². The summed E-state index contributed by atoms with van der Waals surface area (Å²) in [5, 5.41) is 9.90. The number of benzene rings is 4.